The molecule has 2 fully saturated rings. The minimum atomic E-state index is -0.517. The third kappa shape index (κ3) is 9.84. The summed E-state index contributed by atoms with van der Waals surface area (Å²) in [6, 6.07) is 0. The lowest BCUT2D eigenvalue weighted by atomic mass is 9.94. The van der Waals surface area contributed by atoms with E-state index in [-0.39, 0.29) is 12.1 Å². The van der Waals surface area contributed by atoms with Gasteiger partial charge in [0.1, 0.15) is 6.10 Å². The van der Waals surface area contributed by atoms with Crippen molar-refractivity contribution in [1.29, 1.82) is 0 Å². The molecule has 0 aromatic carbocycles. The summed E-state index contributed by atoms with van der Waals surface area (Å²) in [6.45, 7) is 4.17. The molecule has 0 aromatic rings. The molecule has 1 saturated heterocycles. The third-order valence-corrected chi connectivity index (χ3v) is 6.27. The molecule has 1 saturated carbocycles. The van der Waals surface area contributed by atoms with Crippen molar-refractivity contribution in [3.8, 4) is 11.8 Å². The molecule has 4 heteroatoms. The quantitative estimate of drug-likeness (QED) is 0.189. The van der Waals surface area contributed by atoms with Crippen LogP contribution in [0.25, 0.3) is 0 Å². The molecule has 1 aliphatic carbocycles. The van der Waals surface area contributed by atoms with Gasteiger partial charge in [-0.2, -0.15) is 0 Å². The van der Waals surface area contributed by atoms with Crippen molar-refractivity contribution in [3.05, 3.63) is 0 Å². The van der Waals surface area contributed by atoms with E-state index in [9.17, 15) is 4.79 Å². The van der Waals surface area contributed by atoms with Crippen LogP contribution in [-0.4, -0.2) is 30.6 Å². The minimum Gasteiger partial charge on any atom is -0.446 e. The van der Waals surface area contributed by atoms with Crippen LogP contribution in [0.4, 0.5) is 0 Å². The molecule has 30 heavy (non-hydrogen) atoms. The van der Waals surface area contributed by atoms with E-state index in [0.29, 0.717) is 6.61 Å². The van der Waals surface area contributed by atoms with Crippen LogP contribution >= 0.6 is 0 Å². The Hall–Kier alpha value is -1.05. The van der Waals surface area contributed by atoms with Crippen molar-refractivity contribution in [2.45, 2.75) is 141 Å². The summed E-state index contributed by atoms with van der Waals surface area (Å²) in [4.78, 5) is 11.5. The average molecular weight is 421 g/mol. The maximum absolute atomic E-state index is 11.5. The summed E-state index contributed by atoms with van der Waals surface area (Å²) in [5, 5.41) is 0. The van der Waals surface area contributed by atoms with Gasteiger partial charge in [-0.3, -0.25) is 4.79 Å². The molecule has 0 unspecified atom stereocenters. The lowest BCUT2D eigenvalue weighted by molar-refractivity contribution is -0.196. The van der Waals surface area contributed by atoms with Crippen molar-refractivity contribution >= 4 is 5.97 Å². The summed E-state index contributed by atoms with van der Waals surface area (Å²) >= 11 is 0. The number of esters is 1. The van der Waals surface area contributed by atoms with E-state index >= 15 is 0 Å². The number of carbonyl (C=O) groups is 1. The Kier molecular flexibility index (Phi) is 12.5. The molecule has 0 radical (unpaired) electrons. The average Bonchev–Trinajstić information content (AvgIpc) is 3.14. The van der Waals surface area contributed by atoms with Crippen molar-refractivity contribution in [1.82, 2.24) is 0 Å². The van der Waals surface area contributed by atoms with Crippen LogP contribution in [0.3, 0.4) is 0 Å². The van der Waals surface area contributed by atoms with Gasteiger partial charge in [0.2, 0.25) is 0 Å². The first-order valence-electron chi connectivity index (χ1n) is 12.6. The molecular weight excluding hydrogens is 376 g/mol. The number of rotatable bonds is 13. The topological polar surface area (TPSA) is 44.8 Å². The molecule has 0 aromatic heterocycles. The van der Waals surface area contributed by atoms with Crippen molar-refractivity contribution < 1.29 is 19.0 Å². The Labute approximate surface area is 184 Å². The van der Waals surface area contributed by atoms with Crippen LogP contribution in [0.15, 0.2) is 0 Å². The Morgan fingerprint density at radius 2 is 1.57 bits per heavy atom. The molecule has 2 rings (SSSR count). The highest BCUT2D eigenvalue weighted by Crippen LogP contribution is 2.38. The molecular formula is C26H44O4. The number of hydrogen-bond donors (Lipinski definition) is 0. The van der Waals surface area contributed by atoms with E-state index in [0.717, 1.165) is 38.5 Å². The first-order chi connectivity index (χ1) is 14.7. The molecule has 0 bridgehead atoms. The van der Waals surface area contributed by atoms with Gasteiger partial charge < -0.3 is 14.2 Å². The highest BCUT2D eigenvalue weighted by molar-refractivity contribution is 5.66. The van der Waals surface area contributed by atoms with Gasteiger partial charge in [-0.1, -0.05) is 89.4 Å². The Morgan fingerprint density at radius 3 is 2.17 bits per heavy atom. The zero-order chi connectivity index (χ0) is 21.5. The van der Waals surface area contributed by atoms with Crippen molar-refractivity contribution in [3.63, 3.8) is 0 Å². The predicted molar refractivity (Wildman–Crippen MR) is 121 cm³/mol. The zero-order valence-electron chi connectivity index (χ0n) is 19.5. The summed E-state index contributed by atoms with van der Waals surface area (Å²) < 4.78 is 17.7. The van der Waals surface area contributed by atoms with Crippen LogP contribution in [-0.2, 0) is 19.0 Å². The van der Waals surface area contributed by atoms with E-state index in [1.54, 1.807) is 0 Å². The van der Waals surface area contributed by atoms with Crippen molar-refractivity contribution in [2.24, 2.45) is 0 Å². The minimum absolute atomic E-state index is 0.267. The van der Waals surface area contributed by atoms with Crippen LogP contribution in [0.2, 0.25) is 0 Å². The van der Waals surface area contributed by atoms with E-state index in [1.807, 2.05) is 0 Å². The third-order valence-electron chi connectivity index (χ3n) is 6.27. The first-order valence-corrected chi connectivity index (χ1v) is 12.6. The Morgan fingerprint density at radius 1 is 0.967 bits per heavy atom. The number of unbranched alkanes of at least 4 members (excludes halogenated alkanes) is 11. The molecule has 4 nitrogen and oxygen atoms in total. The molecule has 1 heterocycles. The smallest absolute Gasteiger partial charge is 0.303 e. The largest absolute Gasteiger partial charge is 0.446 e. The number of ether oxygens (including phenoxy) is 3. The highest BCUT2D eigenvalue weighted by Gasteiger charge is 2.45. The summed E-state index contributed by atoms with van der Waals surface area (Å²) in [5.41, 5.74) is 0. The highest BCUT2D eigenvalue weighted by atomic mass is 16.8. The van der Waals surface area contributed by atoms with Crippen molar-refractivity contribution in [2.75, 3.05) is 6.61 Å². The fraction of sp³-hybridized carbons (Fsp3) is 0.885. The molecule has 0 N–H and O–H groups in total. The lowest BCUT2D eigenvalue weighted by Crippen LogP contribution is -2.37. The zero-order valence-corrected chi connectivity index (χ0v) is 19.5. The SMILES string of the molecule is CCCCCCCCCCCCCC#C[C@@H](OC(C)=O)[C@H]1COC2(CCCCC2)O1. The fourth-order valence-electron chi connectivity index (χ4n) is 4.51. The van der Waals surface area contributed by atoms with Gasteiger partial charge in [-0.15, -0.1) is 0 Å². The Bertz CT molecular complexity index is 527. The van der Waals surface area contributed by atoms with Gasteiger partial charge in [0, 0.05) is 26.2 Å². The van der Waals surface area contributed by atoms with E-state index < -0.39 is 11.9 Å². The van der Waals surface area contributed by atoms with Gasteiger partial charge in [-0.05, 0) is 19.3 Å². The van der Waals surface area contributed by atoms with Crippen LogP contribution in [0, 0.1) is 11.8 Å². The summed E-state index contributed by atoms with van der Waals surface area (Å²) in [7, 11) is 0. The molecule has 172 valence electrons. The second-order valence-electron chi connectivity index (χ2n) is 9.08. The molecule has 2 aliphatic rings. The second-order valence-corrected chi connectivity index (χ2v) is 9.08. The second kappa shape index (κ2) is 14.9. The monoisotopic (exact) mass is 420 g/mol. The summed E-state index contributed by atoms with van der Waals surface area (Å²) in [6.07, 6.45) is 20.1. The lowest BCUT2D eigenvalue weighted by Gasteiger charge is -2.32. The molecule has 1 aliphatic heterocycles. The van der Waals surface area contributed by atoms with Gasteiger partial charge in [0.05, 0.1) is 6.61 Å². The van der Waals surface area contributed by atoms with Crippen LogP contribution in [0.1, 0.15) is 123 Å². The maximum atomic E-state index is 11.5. The van der Waals surface area contributed by atoms with E-state index in [1.165, 1.54) is 77.6 Å². The van der Waals surface area contributed by atoms with E-state index in [2.05, 4.69) is 18.8 Å². The molecule has 1 spiro atoms. The molecule has 2 atom stereocenters. The van der Waals surface area contributed by atoms with E-state index in [4.69, 9.17) is 14.2 Å². The van der Waals surface area contributed by atoms with Gasteiger partial charge in [-0.25, -0.2) is 0 Å². The van der Waals surface area contributed by atoms with Crippen LogP contribution in [0.5, 0.6) is 0 Å². The Balaban J connectivity index is 1.59. The number of carbonyl (C=O) groups excluding carboxylic acids is 1. The predicted octanol–water partition coefficient (Wildman–Crippen LogP) is 6.70. The first kappa shape index (κ1) is 25.2. The summed E-state index contributed by atoms with van der Waals surface area (Å²) in [5.74, 6) is 5.61. The van der Waals surface area contributed by atoms with Crippen LogP contribution < -0.4 is 0 Å². The maximum Gasteiger partial charge on any atom is 0.303 e. The fourth-order valence-corrected chi connectivity index (χ4v) is 4.51. The molecule has 0 amide bonds. The van der Waals surface area contributed by atoms with Gasteiger partial charge in [0.25, 0.3) is 0 Å². The normalized spacial score (nSPS) is 21.2. The standard InChI is InChI=1S/C26H44O4/c1-3-4-5-6-7-8-9-10-11-12-13-14-16-19-24(29-23(2)27)25-22-28-26(30-25)20-17-15-18-21-26/h24-25H,3-15,17-18,20-22H2,1-2H3/t24-,25-/m1/s1. The van der Waals surface area contributed by atoms with Gasteiger partial charge >= 0.3 is 5.97 Å². The number of hydrogen-bond acceptors (Lipinski definition) is 4. The van der Waals surface area contributed by atoms with Gasteiger partial charge in [0.15, 0.2) is 11.9 Å².